The molecule has 0 spiro atoms. The molecule has 0 fully saturated rings. The standard InChI is InChI=1S/C8H8ClIO/c1-5-2-6(10)3-8(9)7(5)4-11/h2-3,11H,4H2,1H3. The van der Waals surface area contributed by atoms with E-state index in [1.165, 1.54) is 0 Å². The summed E-state index contributed by atoms with van der Waals surface area (Å²) in [5.41, 5.74) is 1.87. The predicted octanol–water partition coefficient (Wildman–Crippen LogP) is 2.75. The van der Waals surface area contributed by atoms with Crippen molar-refractivity contribution in [2.24, 2.45) is 0 Å². The van der Waals surface area contributed by atoms with Crippen LogP contribution in [0, 0.1) is 10.5 Å². The van der Waals surface area contributed by atoms with E-state index in [0.717, 1.165) is 14.7 Å². The van der Waals surface area contributed by atoms with Gasteiger partial charge in [-0.25, -0.2) is 0 Å². The highest BCUT2D eigenvalue weighted by Gasteiger charge is 2.03. The third kappa shape index (κ3) is 2.07. The lowest BCUT2D eigenvalue weighted by Gasteiger charge is -2.04. The van der Waals surface area contributed by atoms with Crippen molar-refractivity contribution >= 4 is 34.2 Å². The Kier molecular flexibility index (Phi) is 3.16. The second-order valence-electron chi connectivity index (χ2n) is 2.34. The minimum Gasteiger partial charge on any atom is -0.392 e. The minimum absolute atomic E-state index is 0.0155. The molecule has 0 aliphatic carbocycles. The van der Waals surface area contributed by atoms with Gasteiger partial charge >= 0.3 is 0 Å². The van der Waals surface area contributed by atoms with Gasteiger partial charge in [0.2, 0.25) is 0 Å². The van der Waals surface area contributed by atoms with E-state index in [1.807, 2.05) is 19.1 Å². The van der Waals surface area contributed by atoms with Crippen LogP contribution in [0.2, 0.25) is 5.02 Å². The largest absolute Gasteiger partial charge is 0.392 e. The summed E-state index contributed by atoms with van der Waals surface area (Å²) >= 11 is 8.07. The topological polar surface area (TPSA) is 20.2 Å². The normalized spacial score (nSPS) is 10.2. The SMILES string of the molecule is Cc1cc(I)cc(Cl)c1CO. The molecular formula is C8H8ClIO. The van der Waals surface area contributed by atoms with Gasteiger partial charge in [0.05, 0.1) is 6.61 Å². The summed E-state index contributed by atoms with van der Waals surface area (Å²) in [7, 11) is 0. The summed E-state index contributed by atoms with van der Waals surface area (Å²) < 4.78 is 1.10. The van der Waals surface area contributed by atoms with E-state index >= 15 is 0 Å². The zero-order valence-electron chi connectivity index (χ0n) is 6.06. The highest BCUT2D eigenvalue weighted by Crippen LogP contribution is 2.22. The van der Waals surface area contributed by atoms with E-state index in [2.05, 4.69) is 22.6 Å². The first-order valence-electron chi connectivity index (χ1n) is 3.20. The smallest absolute Gasteiger partial charge is 0.0698 e. The average Bonchev–Trinajstić information content (AvgIpc) is 1.85. The fraction of sp³-hybridized carbons (Fsp3) is 0.250. The number of benzene rings is 1. The molecule has 0 saturated heterocycles. The first-order valence-corrected chi connectivity index (χ1v) is 4.66. The van der Waals surface area contributed by atoms with Crippen LogP contribution in [0.15, 0.2) is 12.1 Å². The molecule has 0 aliphatic heterocycles. The van der Waals surface area contributed by atoms with Gasteiger partial charge in [-0.15, -0.1) is 0 Å². The lowest BCUT2D eigenvalue weighted by atomic mass is 10.1. The zero-order valence-corrected chi connectivity index (χ0v) is 8.98. The monoisotopic (exact) mass is 282 g/mol. The lowest BCUT2D eigenvalue weighted by Crippen LogP contribution is -1.90. The Morgan fingerprint density at radius 3 is 2.64 bits per heavy atom. The molecule has 11 heavy (non-hydrogen) atoms. The van der Waals surface area contributed by atoms with Crippen LogP contribution in [-0.4, -0.2) is 5.11 Å². The Morgan fingerprint density at radius 2 is 2.18 bits per heavy atom. The van der Waals surface area contributed by atoms with Gasteiger partial charge < -0.3 is 5.11 Å². The van der Waals surface area contributed by atoms with Crippen molar-refractivity contribution in [1.29, 1.82) is 0 Å². The first-order chi connectivity index (χ1) is 5.15. The lowest BCUT2D eigenvalue weighted by molar-refractivity contribution is 0.281. The summed E-state index contributed by atoms with van der Waals surface area (Å²) in [5.74, 6) is 0. The number of hydrogen-bond donors (Lipinski definition) is 1. The summed E-state index contributed by atoms with van der Waals surface area (Å²) in [5, 5.41) is 9.55. The third-order valence-corrected chi connectivity index (χ3v) is 2.50. The third-order valence-electron chi connectivity index (χ3n) is 1.54. The molecule has 0 aromatic heterocycles. The van der Waals surface area contributed by atoms with Crippen molar-refractivity contribution in [2.75, 3.05) is 0 Å². The Bertz CT molecular complexity index is 250. The molecule has 1 nitrogen and oxygen atoms in total. The molecule has 0 saturated carbocycles. The molecule has 1 rings (SSSR count). The average molecular weight is 283 g/mol. The van der Waals surface area contributed by atoms with E-state index in [0.29, 0.717) is 5.02 Å². The molecule has 1 aromatic carbocycles. The van der Waals surface area contributed by atoms with Crippen LogP contribution in [0.3, 0.4) is 0 Å². The van der Waals surface area contributed by atoms with Gasteiger partial charge in [-0.2, -0.15) is 0 Å². The number of rotatable bonds is 1. The van der Waals surface area contributed by atoms with Gasteiger partial charge in [-0.1, -0.05) is 11.6 Å². The van der Waals surface area contributed by atoms with Crippen LogP contribution in [0.5, 0.6) is 0 Å². The number of aliphatic hydroxyl groups is 1. The van der Waals surface area contributed by atoms with Crippen molar-refractivity contribution < 1.29 is 5.11 Å². The number of aliphatic hydroxyl groups excluding tert-OH is 1. The molecule has 1 aromatic rings. The van der Waals surface area contributed by atoms with Crippen LogP contribution in [0.25, 0.3) is 0 Å². The number of halogens is 2. The van der Waals surface area contributed by atoms with E-state index < -0.39 is 0 Å². The zero-order chi connectivity index (χ0) is 8.43. The van der Waals surface area contributed by atoms with E-state index in [4.69, 9.17) is 16.7 Å². The van der Waals surface area contributed by atoms with Crippen LogP contribution >= 0.6 is 34.2 Å². The van der Waals surface area contributed by atoms with Gasteiger partial charge in [-0.05, 0) is 52.8 Å². The summed E-state index contributed by atoms with van der Waals surface area (Å²) in [6, 6.07) is 3.85. The first kappa shape index (κ1) is 9.29. The quantitative estimate of drug-likeness (QED) is 0.785. The molecule has 3 heteroatoms. The molecule has 0 aliphatic rings. The summed E-state index contributed by atoms with van der Waals surface area (Å²) in [6.07, 6.45) is 0. The molecule has 0 unspecified atom stereocenters. The van der Waals surface area contributed by atoms with Crippen LogP contribution < -0.4 is 0 Å². The fourth-order valence-electron chi connectivity index (χ4n) is 0.932. The molecule has 0 atom stereocenters. The number of aryl methyl sites for hydroxylation is 1. The summed E-state index contributed by atoms with van der Waals surface area (Å²) in [6.45, 7) is 1.96. The van der Waals surface area contributed by atoms with E-state index in [9.17, 15) is 0 Å². The Morgan fingerprint density at radius 1 is 1.55 bits per heavy atom. The number of hydrogen-bond acceptors (Lipinski definition) is 1. The molecular weight excluding hydrogens is 274 g/mol. The summed E-state index contributed by atoms with van der Waals surface area (Å²) in [4.78, 5) is 0. The fourth-order valence-corrected chi connectivity index (χ4v) is 2.22. The van der Waals surface area contributed by atoms with Gasteiger partial charge in [-0.3, -0.25) is 0 Å². The minimum atomic E-state index is 0.0155. The molecule has 60 valence electrons. The van der Waals surface area contributed by atoms with Crippen molar-refractivity contribution in [3.05, 3.63) is 31.9 Å². The predicted molar refractivity (Wildman–Crippen MR) is 54.8 cm³/mol. The molecule has 0 heterocycles. The molecule has 0 amide bonds. The van der Waals surface area contributed by atoms with Crippen molar-refractivity contribution in [3.63, 3.8) is 0 Å². The highest BCUT2D eigenvalue weighted by atomic mass is 127. The van der Waals surface area contributed by atoms with Gasteiger partial charge in [0.1, 0.15) is 0 Å². The van der Waals surface area contributed by atoms with Gasteiger partial charge in [0, 0.05) is 8.59 Å². The highest BCUT2D eigenvalue weighted by molar-refractivity contribution is 14.1. The Balaban J connectivity index is 3.25. The van der Waals surface area contributed by atoms with Crippen molar-refractivity contribution in [1.82, 2.24) is 0 Å². The maximum absolute atomic E-state index is 8.90. The molecule has 1 N–H and O–H groups in total. The molecule has 0 bridgehead atoms. The van der Waals surface area contributed by atoms with Crippen LogP contribution in [0.1, 0.15) is 11.1 Å². The second-order valence-corrected chi connectivity index (χ2v) is 3.99. The van der Waals surface area contributed by atoms with E-state index in [-0.39, 0.29) is 6.61 Å². The van der Waals surface area contributed by atoms with E-state index in [1.54, 1.807) is 0 Å². The maximum atomic E-state index is 8.90. The maximum Gasteiger partial charge on any atom is 0.0698 e. The Hall–Kier alpha value is 0.200. The Labute approximate surface area is 84.5 Å². The van der Waals surface area contributed by atoms with Gasteiger partial charge in [0.15, 0.2) is 0 Å². The van der Waals surface area contributed by atoms with Crippen molar-refractivity contribution in [2.45, 2.75) is 13.5 Å². The van der Waals surface area contributed by atoms with Crippen LogP contribution in [-0.2, 0) is 6.61 Å². The van der Waals surface area contributed by atoms with Gasteiger partial charge in [0.25, 0.3) is 0 Å². The molecule has 0 radical (unpaired) electrons. The van der Waals surface area contributed by atoms with Crippen LogP contribution in [0.4, 0.5) is 0 Å². The van der Waals surface area contributed by atoms with Crippen molar-refractivity contribution in [3.8, 4) is 0 Å². The second kappa shape index (κ2) is 3.74.